The normalized spacial score (nSPS) is 15.9. The van der Waals surface area contributed by atoms with E-state index >= 15 is 0 Å². The number of sulfonamides is 1. The van der Waals surface area contributed by atoms with Gasteiger partial charge in [0.2, 0.25) is 15.9 Å². The third kappa shape index (κ3) is 5.82. The smallest absolute Gasteiger partial charge is 0.246 e. The number of benzene rings is 1. The maximum Gasteiger partial charge on any atom is 0.246 e. The van der Waals surface area contributed by atoms with Gasteiger partial charge in [-0.3, -0.25) is 4.79 Å². The van der Waals surface area contributed by atoms with Crippen molar-refractivity contribution < 1.29 is 17.9 Å². The molecule has 1 aromatic rings. The summed E-state index contributed by atoms with van der Waals surface area (Å²) in [6.07, 6.45) is 7.93. The van der Waals surface area contributed by atoms with E-state index in [1.807, 2.05) is 0 Å². The van der Waals surface area contributed by atoms with E-state index in [1.54, 1.807) is 24.3 Å². The van der Waals surface area contributed by atoms with Gasteiger partial charge in [-0.05, 0) is 42.5 Å². The fourth-order valence-electron chi connectivity index (χ4n) is 3.30. The van der Waals surface area contributed by atoms with E-state index in [2.05, 4.69) is 19.2 Å². The van der Waals surface area contributed by atoms with E-state index in [-0.39, 0.29) is 10.8 Å². The van der Waals surface area contributed by atoms with Crippen LogP contribution in [0.1, 0.15) is 51.5 Å². The Bertz CT molecular complexity index is 780. The second-order valence-electron chi connectivity index (χ2n) is 7.14. The van der Waals surface area contributed by atoms with Crippen molar-refractivity contribution in [1.29, 1.82) is 0 Å². The van der Waals surface area contributed by atoms with Crippen LogP contribution in [0.25, 0.3) is 6.08 Å². The first-order valence-electron chi connectivity index (χ1n) is 10.1. The van der Waals surface area contributed by atoms with E-state index < -0.39 is 10.0 Å². The fourth-order valence-corrected chi connectivity index (χ4v) is 5.00. The first-order valence-corrected chi connectivity index (χ1v) is 11.5. The van der Waals surface area contributed by atoms with Crippen LogP contribution in [0, 0.1) is 5.92 Å². The molecule has 0 aromatic heterocycles. The molecule has 0 atom stereocenters. The number of carbonyl (C=O) groups is 1. The Hall–Kier alpha value is -1.86. The highest BCUT2D eigenvalue weighted by atomic mass is 32.2. The fraction of sp³-hybridized carbons (Fsp3) is 0.571. The summed E-state index contributed by atoms with van der Waals surface area (Å²) in [5, 5.41) is 2.90. The summed E-state index contributed by atoms with van der Waals surface area (Å²) in [4.78, 5) is 12.2. The number of amides is 1. The van der Waals surface area contributed by atoms with Crippen molar-refractivity contribution >= 4 is 22.0 Å². The topological polar surface area (TPSA) is 75.7 Å². The number of nitrogens with one attached hydrogen (secondary N) is 1. The highest BCUT2D eigenvalue weighted by Gasteiger charge is 2.28. The first-order chi connectivity index (χ1) is 13.4. The van der Waals surface area contributed by atoms with Crippen LogP contribution in [0.5, 0.6) is 5.75 Å². The number of ether oxygens (including phenoxy) is 1. The van der Waals surface area contributed by atoms with Gasteiger partial charge in [-0.1, -0.05) is 39.2 Å². The number of hydrogen-bond acceptors (Lipinski definition) is 4. The standard InChI is InChI=1S/C21H32N2O4S/c1-4-17(5-2)16-22-21(24)12-10-18-9-11-19(27-3)20(15-18)28(25,26)23-13-7-6-8-14-23/h9-12,15,17H,4-8,13-14,16H2,1-3H3,(H,22,24)/b12-10+. The molecule has 1 fully saturated rings. The number of methoxy groups -OCH3 is 1. The van der Waals surface area contributed by atoms with Gasteiger partial charge in [-0.25, -0.2) is 8.42 Å². The molecule has 0 aliphatic carbocycles. The van der Waals surface area contributed by atoms with E-state index in [0.29, 0.717) is 36.9 Å². The van der Waals surface area contributed by atoms with Crippen molar-refractivity contribution in [2.24, 2.45) is 5.92 Å². The molecule has 0 spiro atoms. The van der Waals surface area contributed by atoms with Gasteiger partial charge in [0.05, 0.1) is 7.11 Å². The van der Waals surface area contributed by atoms with Gasteiger partial charge in [0.25, 0.3) is 0 Å². The molecular weight excluding hydrogens is 376 g/mol. The average molecular weight is 409 g/mol. The Labute approximate surface area is 169 Å². The van der Waals surface area contributed by atoms with Gasteiger partial charge < -0.3 is 10.1 Å². The molecule has 1 aliphatic heterocycles. The molecule has 1 heterocycles. The maximum absolute atomic E-state index is 13.0. The lowest BCUT2D eigenvalue weighted by Gasteiger charge is -2.26. The summed E-state index contributed by atoms with van der Waals surface area (Å²) < 4.78 is 32.9. The Morgan fingerprint density at radius 2 is 1.89 bits per heavy atom. The summed E-state index contributed by atoms with van der Waals surface area (Å²) >= 11 is 0. The van der Waals surface area contributed by atoms with Crippen molar-refractivity contribution in [3.8, 4) is 5.75 Å². The van der Waals surface area contributed by atoms with Gasteiger partial charge in [0.1, 0.15) is 10.6 Å². The average Bonchev–Trinajstić information content (AvgIpc) is 2.73. The van der Waals surface area contributed by atoms with Crippen LogP contribution >= 0.6 is 0 Å². The molecule has 156 valence electrons. The number of piperidine rings is 1. The van der Waals surface area contributed by atoms with E-state index in [1.165, 1.54) is 17.5 Å². The molecule has 0 radical (unpaired) electrons. The van der Waals surface area contributed by atoms with Gasteiger partial charge in [0, 0.05) is 25.7 Å². The minimum absolute atomic E-state index is 0.150. The van der Waals surface area contributed by atoms with Crippen LogP contribution in [0.4, 0.5) is 0 Å². The molecule has 7 heteroatoms. The zero-order valence-electron chi connectivity index (χ0n) is 17.1. The summed E-state index contributed by atoms with van der Waals surface area (Å²) in [7, 11) is -2.16. The van der Waals surface area contributed by atoms with Crippen molar-refractivity contribution in [3.63, 3.8) is 0 Å². The van der Waals surface area contributed by atoms with Crippen molar-refractivity contribution in [2.75, 3.05) is 26.7 Å². The second kappa shape index (κ2) is 10.6. The van der Waals surface area contributed by atoms with Crippen LogP contribution < -0.4 is 10.1 Å². The Morgan fingerprint density at radius 1 is 1.21 bits per heavy atom. The third-order valence-corrected chi connectivity index (χ3v) is 7.19. The maximum atomic E-state index is 13.0. The number of carbonyl (C=O) groups excluding carboxylic acids is 1. The molecule has 0 saturated carbocycles. The Kier molecular flexibility index (Phi) is 8.51. The minimum atomic E-state index is -3.62. The predicted octanol–water partition coefficient (Wildman–Crippen LogP) is 3.44. The lowest BCUT2D eigenvalue weighted by molar-refractivity contribution is -0.116. The molecule has 1 saturated heterocycles. The SMILES string of the molecule is CCC(CC)CNC(=O)/C=C/c1ccc(OC)c(S(=O)(=O)N2CCCCC2)c1. The van der Waals surface area contributed by atoms with Gasteiger partial charge >= 0.3 is 0 Å². The molecule has 2 rings (SSSR count). The lowest BCUT2D eigenvalue weighted by atomic mass is 10.0. The molecule has 0 bridgehead atoms. The van der Waals surface area contributed by atoms with Gasteiger partial charge in [-0.15, -0.1) is 0 Å². The van der Waals surface area contributed by atoms with Gasteiger partial charge in [-0.2, -0.15) is 4.31 Å². The third-order valence-electron chi connectivity index (χ3n) is 5.27. The Balaban J connectivity index is 2.16. The number of rotatable bonds is 9. The van der Waals surface area contributed by atoms with E-state index in [4.69, 9.17) is 4.74 Å². The van der Waals surface area contributed by atoms with Crippen molar-refractivity contribution in [2.45, 2.75) is 50.8 Å². The van der Waals surface area contributed by atoms with Crippen LogP contribution in [0.15, 0.2) is 29.2 Å². The molecule has 1 aromatic carbocycles. The molecule has 1 amide bonds. The molecular formula is C21H32N2O4S. The largest absolute Gasteiger partial charge is 0.495 e. The van der Waals surface area contributed by atoms with Crippen LogP contribution in [-0.4, -0.2) is 45.4 Å². The second-order valence-corrected chi connectivity index (χ2v) is 9.04. The quantitative estimate of drug-likeness (QED) is 0.635. The highest BCUT2D eigenvalue weighted by Crippen LogP contribution is 2.29. The van der Waals surface area contributed by atoms with Crippen molar-refractivity contribution in [3.05, 3.63) is 29.8 Å². The highest BCUT2D eigenvalue weighted by molar-refractivity contribution is 7.89. The number of hydrogen-bond donors (Lipinski definition) is 1. The Morgan fingerprint density at radius 3 is 2.50 bits per heavy atom. The minimum Gasteiger partial charge on any atom is -0.495 e. The first kappa shape index (κ1) is 22.4. The monoisotopic (exact) mass is 408 g/mol. The van der Waals surface area contributed by atoms with E-state index in [9.17, 15) is 13.2 Å². The zero-order valence-corrected chi connectivity index (χ0v) is 17.9. The summed E-state index contributed by atoms with van der Waals surface area (Å²) in [5.74, 6) is 0.615. The van der Waals surface area contributed by atoms with Crippen LogP contribution in [0.2, 0.25) is 0 Å². The molecule has 1 N–H and O–H groups in total. The predicted molar refractivity (Wildman–Crippen MR) is 112 cm³/mol. The molecule has 0 unspecified atom stereocenters. The zero-order chi connectivity index (χ0) is 20.6. The summed E-state index contributed by atoms with van der Waals surface area (Å²) in [6, 6.07) is 4.96. The van der Waals surface area contributed by atoms with E-state index in [0.717, 1.165) is 32.1 Å². The molecule has 28 heavy (non-hydrogen) atoms. The van der Waals surface area contributed by atoms with Crippen LogP contribution in [0.3, 0.4) is 0 Å². The summed E-state index contributed by atoms with van der Waals surface area (Å²) in [6.45, 7) is 5.93. The lowest BCUT2D eigenvalue weighted by Crippen LogP contribution is -2.35. The molecule has 6 nitrogen and oxygen atoms in total. The molecule has 1 aliphatic rings. The summed E-state index contributed by atoms with van der Waals surface area (Å²) in [5.41, 5.74) is 0.647. The number of nitrogens with zero attached hydrogens (tertiary/aromatic N) is 1. The van der Waals surface area contributed by atoms with Crippen molar-refractivity contribution in [1.82, 2.24) is 9.62 Å². The van der Waals surface area contributed by atoms with Gasteiger partial charge in [0.15, 0.2) is 0 Å². The van der Waals surface area contributed by atoms with Crippen LogP contribution in [-0.2, 0) is 14.8 Å².